The minimum atomic E-state index is -0.268. The van der Waals surface area contributed by atoms with E-state index in [0.29, 0.717) is 23.7 Å². The molecule has 0 radical (unpaired) electrons. The Bertz CT molecular complexity index is 1060. The van der Waals surface area contributed by atoms with Gasteiger partial charge in [-0.1, -0.05) is 30.4 Å². The Morgan fingerprint density at radius 1 is 1.16 bits per heavy atom. The van der Waals surface area contributed by atoms with Crippen LogP contribution in [-0.4, -0.2) is 42.6 Å². The summed E-state index contributed by atoms with van der Waals surface area (Å²) >= 11 is 0. The zero-order valence-corrected chi connectivity index (χ0v) is 18.2. The molecule has 1 N–H and O–H groups in total. The number of amides is 1. The minimum Gasteiger partial charge on any atom is -0.496 e. The molecule has 3 rings (SSSR count). The predicted molar refractivity (Wildman–Crippen MR) is 121 cm³/mol. The van der Waals surface area contributed by atoms with Gasteiger partial charge in [0.25, 0.3) is 5.91 Å². The standard InChI is InChI=1S/C24H27N3O4/c1-17(16-29-3)31-21-14-18(9-10-19-7-5-6-8-22(19)30-4)13-20(15-21)24(28)25-23-11-12-27(2)26-23/h5-15,17H,16H2,1-4H3,(H,25,26,28)/t17-/m0/s1. The first-order valence-corrected chi connectivity index (χ1v) is 9.91. The highest BCUT2D eigenvalue weighted by Crippen LogP contribution is 2.24. The minimum absolute atomic E-state index is 0.162. The molecule has 1 aromatic heterocycles. The van der Waals surface area contributed by atoms with Crippen molar-refractivity contribution in [2.24, 2.45) is 7.05 Å². The lowest BCUT2D eigenvalue weighted by atomic mass is 10.1. The maximum absolute atomic E-state index is 12.8. The number of methoxy groups -OCH3 is 2. The molecule has 31 heavy (non-hydrogen) atoms. The fraction of sp³-hybridized carbons (Fsp3) is 0.250. The highest BCUT2D eigenvalue weighted by atomic mass is 16.5. The summed E-state index contributed by atoms with van der Waals surface area (Å²) in [5.41, 5.74) is 2.22. The Hall–Kier alpha value is -3.58. The van der Waals surface area contributed by atoms with Crippen molar-refractivity contribution >= 4 is 23.9 Å². The van der Waals surface area contributed by atoms with Crippen LogP contribution in [0, 0.1) is 0 Å². The third kappa shape index (κ3) is 6.20. The van der Waals surface area contributed by atoms with Crippen LogP contribution in [0.25, 0.3) is 12.2 Å². The lowest BCUT2D eigenvalue weighted by Gasteiger charge is -2.15. The van der Waals surface area contributed by atoms with Crippen molar-refractivity contribution in [3.05, 3.63) is 71.4 Å². The number of hydrogen-bond acceptors (Lipinski definition) is 5. The highest BCUT2D eigenvalue weighted by molar-refractivity contribution is 6.04. The first-order valence-electron chi connectivity index (χ1n) is 9.91. The molecule has 0 aliphatic rings. The summed E-state index contributed by atoms with van der Waals surface area (Å²) in [4.78, 5) is 12.8. The topological polar surface area (TPSA) is 74.6 Å². The number of ether oxygens (including phenoxy) is 3. The molecule has 0 saturated carbocycles. The van der Waals surface area contributed by atoms with Crippen molar-refractivity contribution in [2.45, 2.75) is 13.0 Å². The number of aromatic nitrogens is 2. The van der Waals surface area contributed by atoms with Gasteiger partial charge in [0, 0.05) is 37.5 Å². The molecule has 0 bridgehead atoms. The molecule has 0 aliphatic heterocycles. The predicted octanol–water partition coefficient (Wildman–Crippen LogP) is 4.27. The average Bonchev–Trinajstić information content (AvgIpc) is 3.16. The number of anilines is 1. The second kappa shape index (κ2) is 10.4. The molecule has 162 valence electrons. The summed E-state index contributed by atoms with van der Waals surface area (Å²) in [7, 11) is 5.05. The van der Waals surface area contributed by atoms with E-state index in [9.17, 15) is 4.79 Å². The van der Waals surface area contributed by atoms with E-state index in [1.165, 1.54) is 0 Å². The molecular formula is C24H27N3O4. The summed E-state index contributed by atoms with van der Waals surface area (Å²) in [6.45, 7) is 2.35. The molecule has 1 amide bonds. The van der Waals surface area contributed by atoms with E-state index in [-0.39, 0.29) is 12.0 Å². The number of carbonyl (C=O) groups excluding carboxylic acids is 1. The largest absolute Gasteiger partial charge is 0.496 e. The van der Waals surface area contributed by atoms with Crippen LogP contribution in [0.2, 0.25) is 0 Å². The second-order valence-electron chi connectivity index (χ2n) is 7.08. The van der Waals surface area contributed by atoms with Gasteiger partial charge in [0.05, 0.1) is 13.7 Å². The number of carbonyl (C=O) groups is 1. The van der Waals surface area contributed by atoms with E-state index in [1.54, 1.807) is 50.3 Å². The molecule has 0 unspecified atom stereocenters. The zero-order valence-electron chi connectivity index (χ0n) is 18.2. The summed E-state index contributed by atoms with van der Waals surface area (Å²) in [5.74, 6) is 1.57. The monoisotopic (exact) mass is 421 g/mol. The molecule has 1 atom stereocenters. The second-order valence-corrected chi connectivity index (χ2v) is 7.08. The normalized spacial score (nSPS) is 12.0. The van der Waals surface area contributed by atoms with Gasteiger partial charge < -0.3 is 19.5 Å². The maximum atomic E-state index is 12.8. The molecule has 3 aromatic rings. The van der Waals surface area contributed by atoms with Gasteiger partial charge in [-0.3, -0.25) is 9.48 Å². The quantitative estimate of drug-likeness (QED) is 0.523. The number of aryl methyl sites for hydroxylation is 1. The number of benzene rings is 2. The van der Waals surface area contributed by atoms with Crippen molar-refractivity contribution in [3.63, 3.8) is 0 Å². The molecular weight excluding hydrogens is 394 g/mol. The Kier molecular flexibility index (Phi) is 7.45. The van der Waals surface area contributed by atoms with Crippen LogP contribution in [0.15, 0.2) is 54.7 Å². The summed E-state index contributed by atoms with van der Waals surface area (Å²) < 4.78 is 18.1. The third-order valence-corrected chi connectivity index (χ3v) is 4.48. The van der Waals surface area contributed by atoms with Gasteiger partial charge >= 0.3 is 0 Å². The zero-order chi connectivity index (χ0) is 22.2. The summed E-state index contributed by atoms with van der Waals surface area (Å²) in [6.07, 6.45) is 5.47. The lowest BCUT2D eigenvalue weighted by molar-refractivity contribution is 0.0917. The first kappa shape index (κ1) is 22.1. The highest BCUT2D eigenvalue weighted by Gasteiger charge is 2.12. The van der Waals surface area contributed by atoms with Crippen molar-refractivity contribution in [3.8, 4) is 11.5 Å². The fourth-order valence-corrected chi connectivity index (χ4v) is 3.08. The van der Waals surface area contributed by atoms with E-state index in [4.69, 9.17) is 14.2 Å². The Morgan fingerprint density at radius 3 is 2.68 bits per heavy atom. The van der Waals surface area contributed by atoms with Gasteiger partial charge in [0.1, 0.15) is 17.6 Å². The average molecular weight is 421 g/mol. The lowest BCUT2D eigenvalue weighted by Crippen LogP contribution is -2.19. The molecule has 0 saturated heterocycles. The molecule has 0 fully saturated rings. The summed E-state index contributed by atoms with van der Waals surface area (Å²) in [6, 6.07) is 14.9. The smallest absolute Gasteiger partial charge is 0.257 e. The van der Waals surface area contributed by atoms with Gasteiger partial charge in [0.2, 0.25) is 0 Å². The van der Waals surface area contributed by atoms with Crippen LogP contribution in [0.5, 0.6) is 11.5 Å². The Labute approximate surface area is 182 Å². The van der Waals surface area contributed by atoms with Crippen LogP contribution in [0.3, 0.4) is 0 Å². The van der Waals surface area contributed by atoms with E-state index < -0.39 is 0 Å². The number of rotatable bonds is 9. The number of para-hydroxylation sites is 1. The molecule has 7 nitrogen and oxygen atoms in total. The van der Waals surface area contributed by atoms with Crippen LogP contribution in [0.4, 0.5) is 5.82 Å². The SMILES string of the molecule is COC[C@H](C)Oc1cc(C=Cc2ccccc2OC)cc(C(=O)Nc2ccn(C)n2)c1. The van der Waals surface area contributed by atoms with E-state index in [0.717, 1.165) is 16.9 Å². The van der Waals surface area contributed by atoms with Crippen LogP contribution < -0.4 is 14.8 Å². The number of hydrogen-bond donors (Lipinski definition) is 1. The van der Waals surface area contributed by atoms with Gasteiger partial charge in [-0.05, 0) is 36.8 Å². The fourth-order valence-electron chi connectivity index (χ4n) is 3.08. The van der Waals surface area contributed by atoms with Gasteiger partial charge in [-0.15, -0.1) is 0 Å². The molecule has 7 heteroatoms. The van der Waals surface area contributed by atoms with Crippen LogP contribution >= 0.6 is 0 Å². The molecule has 0 aliphatic carbocycles. The van der Waals surface area contributed by atoms with Crippen molar-refractivity contribution < 1.29 is 19.0 Å². The van der Waals surface area contributed by atoms with Crippen molar-refractivity contribution in [2.75, 3.05) is 26.1 Å². The van der Waals surface area contributed by atoms with E-state index >= 15 is 0 Å². The van der Waals surface area contributed by atoms with Crippen LogP contribution in [-0.2, 0) is 11.8 Å². The van der Waals surface area contributed by atoms with Crippen molar-refractivity contribution in [1.29, 1.82) is 0 Å². The van der Waals surface area contributed by atoms with Gasteiger partial charge in [-0.2, -0.15) is 5.10 Å². The molecule has 0 spiro atoms. The summed E-state index contributed by atoms with van der Waals surface area (Å²) in [5, 5.41) is 7.01. The van der Waals surface area contributed by atoms with Crippen molar-refractivity contribution in [1.82, 2.24) is 9.78 Å². The Balaban J connectivity index is 1.90. The third-order valence-electron chi connectivity index (χ3n) is 4.48. The van der Waals surface area contributed by atoms with Gasteiger partial charge in [0.15, 0.2) is 5.82 Å². The maximum Gasteiger partial charge on any atom is 0.257 e. The number of nitrogens with one attached hydrogen (secondary N) is 1. The van der Waals surface area contributed by atoms with Gasteiger partial charge in [-0.25, -0.2) is 0 Å². The number of nitrogens with zero attached hydrogens (tertiary/aromatic N) is 2. The van der Waals surface area contributed by atoms with E-state index in [2.05, 4.69) is 10.4 Å². The molecule has 2 aromatic carbocycles. The Morgan fingerprint density at radius 2 is 1.97 bits per heavy atom. The van der Waals surface area contributed by atoms with E-state index in [1.807, 2.05) is 49.4 Å². The van der Waals surface area contributed by atoms with Crippen LogP contribution in [0.1, 0.15) is 28.4 Å². The first-order chi connectivity index (χ1) is 15.0. The molecule has 1 heterocycles.